The number of carbonyl (C=O) groups excluding carboxylic acids is 1. The SMILES string of the molecule is CC(NC(=O)c1cccnc1SCc1ccc(F)cc1)c1nc(-c2ccc(F)cc2)no1. The van der Waals surface area contributed by atoms with E-state index in [1.165, 1.54) is 36.0 Å². The molecule has 0 aliphatic rings. The molecular weight excluding hydrogens is 434 g/mol. The van der Waals surface area contributed by atoms with E-state index in [9.17, 15) is 13.6 Å². The van der Waals surface area contributed by atoms with Crippen LogP contribution in [-0.2, 0) is 5.75 Å². The molecule has 1 unspecified atom stereocenters. The first-order valence-corrected chi connectivity index (χ1v) is 10.7. The molecule has 0 bridgehead atoms. The highest BCUT2D eigenvalue weighted by molar-refractivity contribution is 7.98. The van der Waals surface area contributed by atoms with Gasteiger partial charge in [0.05, 0.1) is 5.56 Å². The molecule has 1 atom stereocenters. The third-order valence-electron chi connectivity index (χ3n) is 4.57. The Morgan fingerprint density at radius 2 is 1.75 bits per heavy atom. The number of hydrogen-bond donors (Lipinski definition) is 1. The molecule has 162 valence electrons. The van der Waals surface area contributed by atoms with Crippen molar-refractivity contribution in [1.82, 2.24) is 20.4 Å². The van der Waals surface area contributed by atoms with E-state index in [4.69, 9.17) is 4.52 Å². The fraction of sp³-hybridized carbons (Fsp3) is 0.130. The number of nitrogens with one attached hydrogen (secondary N) is 1. The molecule has 2 aromatic heterocycles. The number of hydrogen-bond acceptors (Lipinski definition) is 6. The maximum Gasteiger partial charge on any atom is 0.254 e. The summed E-state index contributed by atoms with van der Waals surface area (Å²) >= 11 is 1.38. The van der Waals surface area contributed by atoms with E-state index < -0.39 is 6.04 Å². The smallest absolute Gasteiger partial charge is 0.254 e. The number of carbonyl (C=O) groups is 1. The first-order chi connectivity index (χ1) is 15.5. The molecule has 0 radical (unpaired) electrons. The largest absolute Gasteiger partial charge is 0.340 e. The predicted octanol–water partition coefficient (Wildman–Crippen LogP) is 5.19. The van der Waals surface area contributed by atoms with Crippen molar-refractivity contribution in [2.24, 2.45) is 0 Å². The van der Waals surface area contributed by atoms with Gasteiger partial charge in [-0.15, -0.1) is 11.8 Å². The summed E-state index contributed by atoms with van der Waals surface area (Å²) in [5.41, 5.74) is 1.93. The van der Waals surface area contributed by atoms with E-state index in [0.29, 0.717) is 27.7 Å². The van der Waals surface area contributed by atoms with Crippen LogP contribution >= 0.6 is 11.8 Å². The Morgan fingerprint density at radius 3 is 2.47 bits per heavy atom. The first kappa shape index (κ1) is 21.6. The molecule has 1 amide bonds. The number of thioether (sulfide) groups is 1. The summed E-state index contributed by atoms with van der Waals surface area (Å²) < 4.78 is 31.5. The molecule has 0 saturated carbocycles. The zero-order chi connectivity index (χ0) is 22.5. The van der Waals surface area contributed by atoms with E-state index in [1.807, 2.05) is 0 Å². The molecule has 4 aromatic rings. The van der Waals surface area contributed by atoms with Crippen LogP contribution < -0.4 is 5.32 Å². The number of benzene rings is 2. The monoisotopic (exact) mass is 452 g/mol. The second-order valence-corrected chi connectivity index (χ2v) is 7.89. The molecule has 0 aliphatic heterocycles. The lowest BCUT2D eigenvalue weighted by molar-refractivity contribution is 0.0929. The van der Waals surface area contributed by atoms with Crippen molar-refractivity contribution in [2.75, 3.05) is 0 Å². The number of amides is 1. The van der Waals surface area contributed by atoms with E-state index in [0.717, 1.165) is 5.56 Å². The highest BCUT2D eigenvalue weighted by atomic mass is 32.2. The van der Waals surface area contributed by atoms with Crippen LogP contribution in [0, 0.1) is 11.6 Å². The fourth-order valence-electron chi connectivity index (χ4n) is 2.87. The van der Waals surface area contributed by atoms with E-state index in [2.05, 4.69) is 20.4 Å². The molecule has 0 saturated heterocycles. The summed E-state index contributed by atoms with van der Waals surface area (Å²) in [6.45, 7) is 1.72. The normalized spacial score (nSPS) is 11.8. The minimum absolute atomic E-state index is 0.224. The Bertz CT molecular complexity index is 1210. The average Bonchev–Trinajstić information content (AvgIpc) is 3.30. The maximum atomic E-state index is 13.1. The number of nitrogens with zero attached hydrogens (tertiary/aromatic N) is 3. The molecule has 6 nitrogen and oxygen atoms in total. The summed E-state index contributed by atoms with van der Waals surface area (Å²) in [6.07, 6.45) is 1.61. The van der Waals surface area contributed by atoms with Crippen molar-refractivity contribution >= 4 is 17.7 Å². The summed E-state index contributed by atoms with van der Waals surface area (Å²) in [4.78, 5) is 21.5. The number of rotatable bonds is 7. The Kier molecular flexibility index (Phi) is 6.55. The van der Waals surface area contributed by atoms with Crippen LogP contribution in [-0.4, -0.2) is 21.0 Å². The first-order valence-electron chi connectivity index (χ1n) is 9.72. The van der Waals surface area contributed by atoms with E-state index in [-0.39, 0.29) is 23.4 Å². The van der Waals surface area contributed by atoms with Gasteiger partial charge in [-0.05, 0) is 61.0 Å². The van der Waals surface area contributed by atoms with Crippen LogP contribution in [0.2, 0.25) is 0 Å². The maximum absolute atomic E-state index is 13.1. The van der Waals surface area contributed by atoms with Crippen LogP contribution in [0.5, 0.6) is 0 Å². The highest BCUT2D eigenvalue weighted by Gasteiger charge is 2.20. The van der Waals surface area contributed by atoms with Crippen LogP contribution in [0.25, 0.3) is 11.4 Å². The van der Waals surface area contributed by atoms with Crippen molar-refractivity contribution < 1.29 is 18.1 Å². The molecule has 2 heterocycles. The van der Waals surface area contributed by atoms with E-state index >= 15 is 0 Å². The molecule has 32 heavy (non-hydrogen) atoms. The highest BCUT2D eigenvalue weighted by Crippen LogP contribution is 2.25. The van der Waals surface area contributed by atoms with Gasteiger partial charge in [-0.2, -0.15) is 4.98 Å². The third-order valence-corrected chi connectivity index (χ3v) is 5.64. The molecule has 0 spiro atoms. The number of pyridine rings is 1. The Morgan fingerprint density at radius 1 is 1.06 bits per heavy atom. The van der Waals surface area contributed by atoms with Crippen molar-refractivity contribution in [3.63, 3.8) is 0 Å². The van der Waals surface area contributed by atoms with Crippen molar-refractivity contribution in [2.45, 2.75) is 23.7 Å². The lowest BCUT2D eigenvalue weighted by Gasteiger charge is -2.12. The van der Waals surface area contributed by atoms with Gasteiger partial charge < -0.3 is 9.84 Å². The van der Waals surface area contributed by atoms with Gasteiger partial charge in [0.15, 0.2) is 0 Å². The summed E-state index contributed by atoms with van der Waals surface area (Å²) in [5, 5.41) is 7.29. The third kappa shape index (κ3) is 5.17. The van der Waals surface area contributed by atoms with Gasteiger partial charge in [-0.25, -0.2) is 13.8 Å². The standard InChI is InChI=1S/C23H18F2N4O2S/c1-14(22-28-20(29-31-22)16-6-10-18(25)11-7-16)27-21(30)19-3-2-12-26-23(19)32-13-15-4-8-17(24)9-5-15/h2-12,14H,13H2,1H3,(H,27,30). The Hall–Kier alpha value is -3.59. The van der Waals surface area contributed by atoms with Gasteiger partial charge in [0.1, 0.15) is 22.7 Å². The summed E-state index contributed by atoms with van der Waals surface area (Å²) in [7, 11) is 0. The molecule has 0 aliphatic carbocycles. The van der Waals surface area contributed by atoms with E-state index in [1.54, 1.807) is 49.5 Å². The van der Waals surface area contributed by atoms with Gasteiger partial charge in [-0.1, -0.05) is 17.3 Å². The molecule has 4 rings (SSSR count). The molecule has 2 aromatic carbocycles. The second kappa shape index (κ2) is 9.69. The van der Waals surface area contributed by atoms with Crippen molar-refractivity contribution in [3.8, 4) is 11.4 Å². The fourth-order valence-corrected chi connectivity index (χ4v) is 3.82. The molecular formula is C23H18F2N4O2S. The van der Waals surface area contributed by atoms with Gasteiger partial charge in [0, 0.05) is 17.5 Å². The summed E-state index contributed by atoms with van der Waals surface area (Å²) in [5.74, 6) is 0.0726. The summed E-state index contributed by atoms with van der Waals surface area (Å²) in [6, 6.07) is 14.7. The minimum atomic E-state index is -0.556. The van der Waals surface area contributed by atoms with Crippen LogP contribution in [0.1, 0.15) is 34.8 Å². The number of halogens is 2. The minimum Gasteiger partial charge on any atom is -0.340 e. The zero-order valence-electron chi connectivity index (χ0n) is 17.0. The Labute approximate surface area is 187 Å². The molecule has 9 heteroatoms. The van der Waals surface area contributed by atoms with Gasteiger partial charge in [-0.3, -0.25) is 4.79 Å². The van der Waals surface area contributed by atoms with Crippen LogP contribution in [0.4, 0.5) is 8.78 Å². The lowest BCUT2D eigenvalue weighted by atomic mass is 10.2. The van der Waals surface area contributed by atoms with Gasteiger partial charge in [0.25, 0.3) is 5.91 Å². The number of aromatic nitrogens is 3. The topological polar surface area (TPSA) is 80.9 Å². The van der Waals surface area contributed by atoms with Gasteiger partial charge >= 0.3 is 0 Å². The molecule has 0 fully saturated rings. The van der Waals surface area contributed by atoms with Gasteiger partial charge in [0.2, 0.25) is 11.7 Å². The van der Waals surface area contributed by atoms with Crippen LogP contribution in [0.15, 0.2) is 76.4 Å². The average molecular weight is 452 g/mol. The van der Waals surface area contributed by atoms with Crippen molar-refractivity contribution in [3.05, 3.63) is 95.5 Å². The van der Waals surface area contributed by atoms with Crippen molar-refractivity contribution in [1.29, 1.82) is 0 Å². The predicted molar refractivity (Wildman–Crippen MR) is 116 cm³/mol. The zero-order valence-corrected chi connectivity index (χ0v) is 17.8. The van der Waals surface area contributed by atoms with Crippen LogP contribution in [0.3, 0.4) is 0 Å². The molecule has 1 N–H and O–H groups in total. The Balaban J connectivity index is 1.43. The lowest BCUT2D eigenvalue weighted by Crippen LogP contribution is -2.27. The second-order valence-electron chi connectivity index (χ2n) is 6.93. The quantitative estimate of drug-likeness (QED) is 0.389.